The van der Waals surface area contributed by atoms with Crippen LogP contribution >= 0.6 is 0 Å². The van der Waals surface area contributed by atoms with Crippen molar-refractivity contribution in [3.05, 3.63) is 52.8 Å². The minimum atomic E-state index is -1.18. The maximum absolute atomic E-state index is 13.3. The summed E-state index contributed by atoms with van der Waals surface area (Å²) in [7, 11) is 2.73. The standard InChI is InChI=1S/C17H16FNO5/c1-9-6-10(4-5-12(9)18)16(20)19-13-7-11(17(21)22)8-14(23-2)15(13)24-3/h4-8H,1-3H3,(H,19,20)(H,21,22). The van der Waals surface area contributed by atoms with Gasteiger partial charge in [0.25, 0.3) is 5.91 Å². The maximum atomic E-state index is 13.3. The van der Waals surface area contributed by atoms with Crippen molar-refractivity contribution in [3.8, 4) is 11.5 Å². The molecule has 0 atom stereocenters. The Morgan fingerprint density at radius 1 is 1.08 bits per heavy atom. The predicted octanol–water partition coefficient (Wildman–Crippen LogP) is 3.10. The first-order valence-electron chi connectivity index (χ1n) is 6.94. The molecule has 6 nitrogen and oxygen atoms in total. The van der Waals surface area contributed by atoms with Gasteiger partial charge in [0, 0.05) is 5.56 Å². The summed E-state index contributed by atoms with van der Waals surface area (Å²) in [4.78, 5) is 23.6. The van der Waals surface area contributed by atoms with Gasteiger partial charge in [-0.3, -0.25) is 4.79 Å². The van der Waals surface area contributed by atoms with Crippen molar-refractivity contribution >= 4 is 17.6 Å². The molecule has 0 heterocycles. The van der Waals surface area contributed by atoms with E-state index in [1.54, 1.807) is 6.92 Å². The smallest absolute Gasteiger partial charge is 0.335 e. The van der Waals surface area contributed by atoms with Gasteiger partial charge in [-0.15, -0.1) is 0 Å². The van der Waals surface area contributed by atoms with Crippen LogP contribution in [-0.4, -0.2) is 31.2 Å². The molecule has 0 bridgehead atoms. The number of aryl methyl sites for hydroxylation is 1. The van der Waals surface area contributed by atoms with E-state index in [-0.39, 0.29) is 28.3 Å². The van der Waals surface area contributed by atoms with Crippen molar-refractivity contribution < 1.29 is 28.6 Å². The fraction of sp³-hybridized carbons (Fsp3) is 0.176. The lowest BCUT2D eigenvalue weighted by atomic mass is 10.1. The highest BCUT2D eigenvalue weighted by Crippen LogP contribution is 2.37. The number of amides is 1. The summed E-state index contributed by atoms with van der Waals surface area (Å²) >= 11 is 0. The second-order valence-corrected chi connectivity index (χ2v) is 4.98. The summed E-state index contributed by atoms with van der Waals surface area (Å²) in [5, 5.41) is 11.7. The van der Waals surface area contributed by atoms with Crippen LogP contribution in [0.4, 0.5) is 10.1 Å². The maximum Gasteiger partial charge on any atom is 0.335 e. The van der Waals surface area contributed by atoms with Gasteiger partial charge in [0.15, 0.2) is 11.5 Å². The molecule has 0 aliphatic heterocycles. The molecule has 2 rings (SSSR count). The van der Waals surface area contributed by atoms with E-state index >= 15 is 0 Å². The van der Waals surface area contributed by atoms with Gasteiger partial charge in [0.05, 0.1) is 25.5 Å². The SMILES string of the molecule is COc1cc(C(=O)O)cc(NC(=O)c2ccc(F)c(C)c2)c1OC. The lowest BCUT2D eigenvalue weighted by molar-refractivity contribution is 0.0696. The number of aromatic carboxylic acids is 1. The number of carboxylic acids is 1. The molecule has 1 amide bonds. The molecule has 126 valence electrons. The average Bonchev–Trinajstić information content (AvgIpc) is 2.56. The zero-order valence-electron chi connectivity index (χ0n) is 13.3. The fourth-order valence-electron chi connectivity index (χ4n) is 2.16. The lowest BCUT2D eigenvalue weighted by Gasteiger charge is -2.15. The van der Waals surface area contributed by atoms with E-state index in [1.807, 2.05) is 0 Å². The van der Waals surface area contributed by atoms with E-state index in [4.69, 9.17) is 14.6 Å². The molecule has 0 saturated heterocycles. The molecule has 2 N–H and O–H groups in total. The molecular formula is C17H16FNO5. The average molecular weight is 333 g/mol. The third-order valence-electron chi connectivity index (χ3n) is 3.39. The summed E-state index contributed by atoms with van der Waals surface area (Å²) < 4.78 is 23.6. The van der Waals surface area contributed by atoms with Crippen molar-refractivity contribution in [2.75, 3.05) is 19.5 Å². The monoisotopic (exact) mass is 333 g/mol. The van der Waals surface area contributed by atoms with Crippen molar-refractivity contribution in [1.29, 1.82) is 0 Å². The number of hydrogen-bond donors (Lipinski definition) is 2. The van der Waals surface area contributed by atoms with Crippen LogP contribution in [0.1, 0.15) is 26.3 Å². The van der Waals surface area contributed by atoms with Crippen LogP contribution in [0.3, 0.4) is 0 Å². The van der Waals surface area contributed by atoms with Crippen molar-refractivity contribution in [3.63, 3.8) is 0 Å². The second-order valence-electron chi connectivity index (χ2n) is 4.98. The highest BCUT2D eigenvalue weighted by molar-refractivity contribution is 6.06. The number of carbonyl (C=O) groups is 2. The molecule has 0 saturated carbocycles. The first-order chi connectivity index (χ1) is 11.4. The molecule has 7 heteroatoms. The van der Waals surface area contributed by atoms with Crippen molar-refractivity contribution in [2.45, 2.75) is 6.92 Å². The van der Waals surface area contributed by atoms with Gasteiger partial charge in [-0.25, -0.2) is 9.18 Å². The van der Waals surface area contributed by atoms with E-state index in [0.717, 1.165) is 0 Å². The third-order valence-corrected chi connectivity index (χ3v) is 3.39. The quantitative estimate of drug-likeness (QED) is 0.878. The molecule has 0 radical (unpaired) electrons. The summed E-state index contributed by atoms with van der Waals surface area (Å²) in [5.41, 5.74) is 0.626. The molecule has 2 aromatic rings. The van der Waals surface area contributed by atoms with E-state index in [1.165, 1.54) is 44.6 Å². The molecular weight excluding hydrogens is 317 g/mol. The van der Waals surface area contributed by atoms with Gasteiger partial charge in [-0.2, -0.15) is 0 Å². The number of anilines is 1. The van der Waals surface area contributed by atoms with E-state index < -0.39 is 17.7 Å². The molecule has 0 unspecified atom stereocenters. The van der Waals surface area contributed by atoms with Crippen LogP contribution in [0.5, 0.6) is 11.5 Å². The number of nitrogens with one attached hydrogen (secondary N) is 1. The van der Waals surface area contributed by atoms with E-state index in [0.29, 0.717) is 5.56 Å². The number of hydrogen-bond acceptors (Lipinski definition) is 4. The fourth-order valence-corrected chi connectivity index (χ4v) is 2.16. The number of rotatable bonds is 5. The first kappa shape index (κ1) is 17.3. The topological polar surface area (TPSA) is 84.9 Å². The minimum Gasteiger partial charge on any atom is -0.493 e. The summed E-state index contributed by atoms with van der Waals surface area (Å²) in [6, 6.07) is 6.48. The van der Waals surface area contributed by atoms with Crippen LogP contribution in [0.15, 0.2) is 30.3 Å². The Morgan fingerprint density at radius 2 is 1.79 bits per heavy atom. The van der Waals surface area contributed by atoms with E-state index in [2.05, 4.69) is 5.32 Å². The number of ether oxygens (including phenoxy) is 2. The first-order valence-corrected chi connectivity index (χ1v) is 6.94. The Morgan fingerprint density at radius 3 is 2.33 bits per heavy atom. The normalized spacial score (nSPS) is 10.2. The summed E-state index contributed by atoms with van der Waals surface area (Å²) in [6.45, 7) is 1.54. The van der Waals surface area contributed by atoms with Crippen LogP contribution < -0.4 is 14.8 Å². The minimum absolute atomic E-state index is 0.0711. The number of carbonyl (C=O) groups excluding carboxylic acids is 1. The highest BCUT2D eigenvalue weighted by Gasteiger charge is 2.18. The Hall–Kier alpha value is -3.09. The van der Waals surface area contributed by atoms with Gasteiger partial charge in [-0.1, -0.05) is 0 Å². The molecule has 0 aliphatic rings. The second kappa shape index (κ2) is 6.99. The molecule has 24 heavy (non-hydrogen) atoms. The van der Waals surface area contributed by atoms with Crippen LogP contribution in [-0.2, 0) is 0 Å². The Labute approximate surface area is 137 Å². The number of methoxy groups -OCH3 is 2. The molecule has 0 spiro atoms. The van der Waals surface area contributed by atoms with Crippen molar-refractivity contribution in [1.82, 2.24) is 0 Å². The van der Waals surface area contributed by atoms with E-state index in [9.17, 15) is 14.0 Å². The zero-order chi connectivity index (χ0) is 17.9. The van der Waals surface area contributed by atoms with Gasteiger partial charge in [0.2, 0.25) is 0 Å². The van der Waals surface area contributed by atoms with Crippen LogP contribution in [0, 0.1) is 12.7 Å². The van der Waals surface area contributed by atoms with Gasteiger partial charge < -0.3 is 19.9 Å². The predicted molar refractivity (Wildman–Crippen MR) is 85.6 cm³/mol. The summed E-state index contributed by atoms with van der Waals surface area (Å²) in [5.74, 6) is -1.76. The van der Waals surface area contributed by atoms with Gasteiger partial charge >= 0.3 is 5.97 Å². The van der Waals surface area contributed by atoms with Crippen LogP contribution in [0.25, 0.3) is 0 Å². The summed E-state index contributed by atoms with van der Waals surface area (Å²) in [6.07, 6.45) is 0. The lowest BCUT2D eigenvalue weighted by Crippen LogP contribution is -2.14. The highest BCUT2D eigenvalue weighted by atomic mass is 19.1. The number of benzene rings is 2. The molecule has 2 aromatic carbocycles. The zero-order valence-corrected chi connectivity index (χ0v) is 13.3. The Kier molecular flexibility index (Phi) is 5.03. The molecule has 0 aliphatic carbocycles. The molecule has 0 fully saturated rings. The third kappa shape index (κ3) is 3.45. The van der Waals surface area contributed by atoms with Gasteiger partial charge in [-0.05, 0) is 42.8 Å². The van der Waals surface area contributed by atoms with Crippen LogP contribution in [0.2, 0.25) is 0 Å². The van der Waals surface area contributed by atoms with Crippen molar-refractivity contribution in [2.24, 2.45) is 0 Å². The number of halogens is 1. The largest absolute Gasteiger partial charge is 0.493 e. The molecule has 0 aromatic heterocycles. The number of carboxylic acid groups (broad SMARTS) is 1. The Bertz CT molecular complexity index is 804. The van der Waals surface area contributed by atoms with Gasteiger partial charge in [0.1, 0.15) is 5.82 Å². The Balaban J connectivity index is 2.43.